The maximum atomic E-state index is 13.0. The number of aryl methyl sites for hydroxylation is 1. The molecule has 4 atom stereocenters. The van der Waals surface area contributed by atoms with Crippen molar-refractivity contribution < 1.29 is 43.4 Å². The molecule has 26 heteroatoms. The Morgan fingerprint density at radius 3 is 1.85 bits per heavy atom. The molecule has 0 radical (unpaired) electrons. The third-order valence-electron chi connectivity index (χ3n) is 10.7. The van der Waals surface area contributed by atoms with Crippen LogP contribution in [0.15, 0.2) is 42.5 Å². The number of para-hydroxylation sites is 1. The number of unbranched alkanes of at least 4 members (excludes halogenated alkanes) is 4. The highest BCUT2D eigenvalue weighted by Crippen LogP contribution is 2.28. The molecule has 17 N–H and O–H groups in total. The van der Waals surface area contributed by atoms with Gasteiger partial charge in [-0.1, -0.05) is 98.8 Å². The Bertz CT molecular complexity index is 1990. The highest BCUT2D eigenvalue weighted by atomic mass is 16.6. The molecule has 78 heavy (non-hydrogen) atoms. The lowest BCUT2D eigenvalue weighted by Crippen LogP contribution is -2.55. The largest absolute Gasteiger partial charge is 0.399 e. The molecular formula is C52H95N15O11. The lowest BCUT2D eigenvalue weighted by atomic mass is 9.98. The first-order valence-corrected chi connectivity index (χ1v) is 26.9. The highest BCUT2D eigenvalue weighted by Gasteiger charge is 2.27. The highest BCUT2D eigenvalue weighted by molar-refractivity contribution is 5.92. The summed E-state index contributed by atoms with van der Waals surface area (Å²) in [5.74, 6) is -3.23. The number of nitro groups is 2. The molecule has 0 aliphatic rings. The number of nitrogens with two attached hydrogens (primary N) is 4. The van der Waals surface area contributed by atoms with Crippen LogP contribution in [0.4, 0.5) is 22.7 Å². The van der Waals surface area contributed by atoms with Gasteiger partial charge in [-0.2, -0.15) is 0 Å². The summed E-state index contributed by atoms with van der Waals surface area (Å²) in [5.41, 5.74) is 23.6. The summed E-state index contributed by atoms with van der Waals surface area (Å²) < 4.78 is 0. The predicted octanol–water partition coefficient (Wildman–Crippen LogP) is 3.21. The molecule has 0 bridgehead atoms. The lowest BCUT2D eigenvalue weighted by molar-refractivity contribution is -0.393. The standard InChI is InChI=1S/C29H57N11O7.C10H13N3O4.C7H9N.2C3H8/c1-3-20(2)26(29(47)35-15-23(32)42)40-25(44)16-36-27(45)21(9-5-6-12-30)38-18-39-28(46)22(37-17-31)10-11-24(43)34-14-8-4-7-13-33-19-41;1-2-3-6-11-9-5-4-8(12(14)15)7-10(9)13(16)17;1-6-4-2-3-5-7(6)8;2*1-3-2/h19-22,26,37-38H,3-18,30-31H2,1-2H3,(H2,32,42)(H,33,41)(H,34,43)(H,35,47)(H,36,45)(H,39,46)(H,40,44);4-5,7,11H,2-3,6H2,1H3;2-5H,8H2,1H3;2*3H2,1-2H3. The van der Waals surface area contributed by atoms with E-state index in [1.54, 1.807) is 6.92 Å². The first-order chi connectivity index (χ1) is 37.2. The molecular weight excluding hydrogens is 1010 g/mol. The van der Waals surface area contributed by atoms with E-state index in [2.05, 4.69) is 75.5 Å². The summed E-state index contributed by atoms with van der Waals surface area (Å²) in [5, 5.41) is 45.6. The van der Waals surface area contributed by atoms with Gasteiger partial charge in [-0.15, -0.1) is 0 Å². The minimum Gasteiger partial charge on any atom is -0.399 e. The number of benzene rings is 2. The number of rotatable bonds is 35. The monoisotopic (exact) mass is 1110 g/mol. The second-order valence-electron chi connectivity index (χ2n) is 17.8. The zero-order valence-corrected chi connectivity index (χ0v) is 47.5. The first kappa shape index (κ1) is 75.2. The van der Waals surface area contributed by atoms with Crippen LogP contribution >= 0.6 is 0 Å². The minimum atomic E-state index is -0.929. The molecule has 0 heterocycles. The lowest BCUT2D eigenvalue weighted by Gasteiger charge is -2.24. The zero-order chi connectivity index (χ0) is 59.7. The number of amides is 7. The topological polar surface area (TPSA) is 418 Å². The smallest absolute Gasteiger partial charge is 0.299 e. The third-order valence-corrected chi connectivity index (χ3v) is 10.7. The van der Waals surface area contributed by atoms with Gasteiger partial charge in [0.1, 0.15) is 11.7 Å². The molecule has 2 aromatic carbocycles. The van der Waals surface area contributed by atoms with Crippen molar-refractivity contribution in [2.24, 2.45) is 23.1 Å². The first-order valence-electron chi connectivity index (χ1n) is 26.9. The Morgan fingerprint density at radius 1 is 0.692 bits per heavy atom. The molecule has 0 aromatic heterocycles. The molecule has 7 amide bonds. The maximum absolute atomic E-state index is 13.0. The van der Waals surface area contributed by atoms with E-state index < -0.39 is 64.1 Å². The number of nitro benzene ring substituents is 2. The summed E-state index contributed by atoms with van der Waals surface area (Å²) in [6.07, 6.45) is 9.95. The Morgan fingerprint density at radius 2 is 1.31 bits per heavy atom. The molecule has 0 aliphatic heterocycles. The van der Waals surface area contributed by atoms with Gasteiger partial charge >= 0.3 is 0 Å². The van der Waals surface area contributed by atoms with Crippen LogP contribution in [-0.2, 0) is 33.6 Å². The van der Waals surface area contributed by atoms with E-state index in [1.807, 2.05) is 45.0 Å². The summed E-state index contributed by atoms with van der Waals surface area (Å²) in [7, 11) is 0. The average molecular weight is 1110 g/mol. The third kappa shape index (κ3) is 39.4. The van der Waals surface area contributed by atoms with Gasteiger partial charge in [-0.05, 0) is 82.0 Å². The van der Waals surface area contributed by atoms with Crippen molar-refractivity contribution >= 4 is 64.6 Å². The van der Waals surface area contributed by atoms with Crippen LogP contribution in [0.1, 0.15) is 138 Å². The van der Waals surface area contributed by atoms with Crippen molar-refractivity contribution in [3.63, 3.8) is 0 Å². The Kier molecular flexibility index (Phi) is 47.8. The van der Waals surface area contributed by atoms with Gasteiger partial charge in [0, 0.05) is 44.5 Å². The molecule has 444 valence electrons. The summed E-state index contributed by atoms with van der Waals surface area (Å²) in [6.45, 7) is 17.4. The fourth-order valence-corrected chi connectivity index (χ4v) is 6.27. The van der Waals surface area contributed by atoms with Crippen LogP contribution in [0, 0.1) is 33.1 Å². The molecule has 2 aromatic rings. The van der Waals surface area contributed by atoms with Crippen LogP contribution < -0.4 is 70.8 Å². The van der Waals surface area contributed by atoms with Crippen molar-refractivity contribution in [3.05, 3.63) is 68.3 Å². The van der Waals surface area contributed by atoms with Crippen LogP contribution in [0.3, 0.4) is 0 Å². The number of hydrogen-bond acceptors (Lipinski definition) is 17. The number of carbonyl (C=O) groups excluding carboxylic acids is 7. The van der Waals surface area contributed by atoms with Crippen molar-refractivity contribution in [3.8, 4) is 0 Å². The fraction of sp³-hybridized carbons (Fsp3) is 0.635. The average Bonchev–Trinajstić information content (AvgIpc) is 3.40. The molecule has 0 fully saturated rings. The van der Waals surface area contributed by atoms with E-state index in [0.717, 1.165) is 49.4 Å². The number of non-ortho nitro benzene ring substituents is 1. The fourth-order valence-electron chi connectivity index (χ4n) is 6.27. The molecule has 2 rings (SSSR count). The number of carbonyl (C=O) groups is 7. The Hall–Kier alpha value is -7.03. The number of primary amides is 1. The van der Waals surface area contributed by atoms with Crippen molar-refractivity contribution in [2.45, 2.75) is 157 Å². The number of nitrogen functional groups attached to an aromatic ring is 1. The normalized spacial score (nSPS) is 11.6. The van der Waals surface area contributed by atoms with Gasteiger partial charge in [-0.25, -0.2) is 0 Å². The second-order valence-corrected chi connectivity index (χ2v) is 17.8. The summed E-state index contributed by atoms with van der Waals surface area (Å²) >= 11 is 0. The summed E-state index contributed by atoms with van der Waals surface area (Å²) in [4.78, 5) is 104. The minimum absolute atomic E-state index is 0.0127. The van der Waals surface area contributed by atoms with Crippen molar-refractivity contribution in [1.82, 2.24) is 42.5 Å². The van der Waals surface area contributed by atoms with Gasteiger partial charge < -0.3 is 60.2 Å². The van der Waals surface area contributed by atoms with Gasteiger partial charge in [0.05, 0.1) is 47.8 Å². The number of anilines is 2. The molecule has 0 saturated carbocycles. The van der Waals surface area contributed by atoms with Crippen molar-refractivity contribution in [1.29, 1.82) is 0 Å². The van der Waals surface area contributed by atoms with Gasteiger partial charge in [0.15, 0.2) is 0 Å². The molecule has 0 aliphatic carbocycles. The quantitative estimate of drug-likeness (QED) is 0.0118. The van der Waals surface area contributed by atoms with E-state index in [1.165, 1.54) is 25.0 Å². The number of nitrogens with one attached hydrogen (secondary N) is 9. The Balaban J connectivity index is -0.00000145. The molecule has 0 spiro atoms. The van der Waals surface area contributed by atoms with E-state index in [-0.39, 0.29) is 55.9 Å². The molecule has 4 unspecified atom stereocenters. The van der Waals surface area contributed by atoms with Gasteiger partial charge in [0.25, 0.3) is 11.4 Å². The second kappa shape index (κ2) is 49.5. The van der Waals surface area contributed by atoms with E-state index in [4.69, 9.17) is 22.9 Å². The zero-order valence-electron chi connectivity index (χ0n) is 47.5. The van der Waals surface area contributed by atoms with Crippen LogP contribution in [0.5, 0.6) is 0 Å². The molecule has 26 nitrogen and oxygen atoms in total. The van der Waals surface area contributed by atoms with Crippen LogP contribution in [0.2, 0.25) is 0 Å². The predicted molar refractivity (Wildman–Crippen MR) is 306 cm³/mol. The maximum Gasteiger partial charge on any atom is 0.299 e. The van der Waals surface area contributed by atoms with E-state index in [0.29, 0.717) is 64.0 Å². The Labute approximate surface area is 461 Å². The number of hydrogen-bond donors (Lipinski definition) is 13. The summed E-state index contributed by atoms with van der Waals surface area (Å²) in [6, 6.07) is 8.95. The van der Waals surface area contributed by atoms with Crippen molar-refractivity contribution in [2.75, 3.05) is 63.7 Å². The van der Waals surface area contributed by atoms with Crippen LogP contribution in [-0.4, -0.2) is 122 Å². The van der Waals surface area contributed by atoms with Gasteiger partial charge in [0.2, 0.25) is 41.9 Å². The van der Waals surface area contributed by atoms with Gasteiger partial charge in [-0.3, -0.25) is 64.4 Å². The van der Waals surface area contributed by atoms with E-state index in [9.17, 15) is 53.8 Å². The van der Waals surface area contributed by atoms with Crippen LogP contribution in [0.25, 0.3) is 0 Å². The molecule has 0 saturated heterocycles. The SMILES string of the molecule is CCC.CCC.CCC(C)C(NC(=O)CNC(=O)C(CCCCN)NCNC(=O)C(CCC(=O)NCCCCCNC=O)NCN)C(=O)NCC(N)=O.CCCCNc1ccc([N+](=O)[O-])cc1[N+](=O)[O-].Cc1ccccc1N. The number of nitrogens with zero attached hydrogens (tertiary/aromatic N) is 2. The van der Waals surface area contributed by atoms with E-state index >= 15 is 0 Å².